The van der Waals surface area contributed by atoms with E-state index >= 15 is 0 Å². The molecular weight excluding hydrogens is 450 g/mol. The van der Waals surface area contributed by atoms with Crippen molar-refractivity contribution in [3.8, 4) is 0 Å². The highest BCUT2D eigenvalue weighted by atomic mass is 32.2. The number of nitrogens with one attached hydrogen (secondary N) is 2. The number of sulfonamides is 1. The van der Waals surface area contributed by atoms with Crippen LogP contribution in [0.4, 0.5) is 23.2 Å². The van der Waals surface area contributed by atoms with Gasteiger partial charge in [0.2, 0.25) is 15.9 Å². The summed E-state index contributed by atoms with van der Waals surface area (Å²) in [5.41, 5.74) is 0.783. The predicted octanol–water partition coefficient (Wildman–Crippen LogP) is 3.90. The van der Waals surface area contributed by atoms with Crippen molar-refractivity contribution in [2.75, 3.05) is 11.0 Å². The number of hydrogen-bond donors (Lipinski definition) is 2. The molecular formula is C21H23F4N3O3S. The van der Waals surface area contributed by atoms with Gasteiger partial charge in [-0.25, -0.2) is 17.8 Å². The van der Waals surface area contributed by atoms with Crippen LogP contribution in [0.5, 0.6) is 0 Å². The summed E-state index contributed by atoms with van der Waals surface area (Å²) in [4.78, 5) is 16.4. The fraction of sp³-hybridized carbons (Fsp3) is 0.429. The van der Waals surface area contributed by atoms with Crippen LogP contribution in [-0.4, -0.2) is 25.6 Å². The van der Waals surface area contributed by atoms with Gasteiger partial charge in [-0.1, -0.05) is 6.07 Å². The first kappa shape index (κ1) is 24.0. The van der Waals surface area contributed by atoms with Crippen molar-refractivity contribution >= 4 is 21.6 Å². The number of nitrogens with zero attached hydrogens (tertiary/aromatic N) is 1. The Morgan fingerprint density at radius 2 is 1.94 bits per heavy atom. The third kappa shape index (κ3) is 5.56. The Labute approximate surface area is 183 Å². The Bertz CT molecular complexity index is 1150. The lowest BCUT2D eigenvalue weighted by atomic mass is 9.85. The van der Waals surface area contributed by atoms with E-state index in [1.165, 1.54) is 12.1 Å². The number of rotatable bonds is 5. The molecule has 1 heterocycles. The molecule has 1 aliphatic carbocycles. The summed E-state index contributed by atoms with van der Waals surface area (Å²) in [7, 11) is -3.57. The minimum atomic E-state index is -4.52. The Morgan fingerprint density at radius 3 is 2.56 bits per heavy atom. The number of aryl methyl sites for hydroxylation is 2. The highest BCUT2D eigenvalue weighted by molar-refractivity contribution is 7.92. The van der Waals surface area contributed by atoms with Gasteiger partial charge in [-0.3, -0.25) is 9.52 Å². The Morgan fingerprint density at radius 1 is 1.25 bits per heavy atom. The van der Waals surface area contributed by atoms with Crippen molar-refractivity contribution in [1.82, 2.24) is 10.3 Å². The van der Waals surface area contributed by atoms with Gasteiger partial charge in [0.15, 0.2) is 0 Å². The minimum Gasteiger partial charge on any atom is -0.349 e. The summed E-state index contributed by atoms with van der Waals surface area (Å²) in [6.07, 6.45) is -2.74. The van der Waals surface area contributed by atoms with Gasteiger partial charge in [0.25, 0.3) is 0 Å². The molecule has 3 rings (SSSR count). The number of alkyl halides is 3. The number of hydrogen-bond acceptors (Lipinski definition) is 4. The van der Waals surface area contributed by atoms with Crippen LogP contribution in [0.1, 0.15) is 47.5 Å². The molecule has 1 aliphatic rings. The maximum Gasteiger partial charge on any atom is 0.433 e. The van der Waals surface area contributed by atoms with Gasteiger partial charge >= 0.3 is 6.18 Å². The fourth-order valence-electron chi connectivity index (χ4n) is 3.75. The van der Waals surface area contributed by atoms with Gasteiger partial charge in [0.1, 0.15) is 11.5 Å². The SMILES string of the molecule is Cc1cc([C@@H](C)NC(=O)C2CCc3nc(C(F)(F)F)ccc3C2)c(F)cc1NS(C)(=O)=O. The summed E-state index contributed by atoms with van der Waals surface area (Å²) in [5, 5.41) is 2.75. The monoisotopic (exact) mass is 473 g/mol. The van der Waals surface area contributed by atoms with E-state index in [-0.39, 0.29) is 30.0 Å². The van der Waals surface area contributed by atoms with Crippen molar-refractivity contribution in [2.24, 2.45) is 5.92 Å². The van der Waals surface area contributed by atoms with Crippen LogP contribution in [0.25, 0.3) is 0 Å². The minimum absolute atomic E-state index is 0.113. The second-order valence-electron chi connectivity index (χ2n) is 8.03. The Balaban J connectivity index is 1.71. The third-order valence-electron chi connectivity index (χ3n) is 5.39. The average molecular weight is 473 g/mol. The maximum atomic E-state index is 14.6. The predicted molar refractivity (Wildman–Crippen MR) is 111 cm³/mol. The van der Waals surface area contributed by atoms with Gasteiger partial charge in [-0.05, 0) is 62.4 Å². The molecule has 0 aliphatic heterocycles. The normalized spacial score (nSPS) is 17.4. The van der Waals surface area contributed by atoms with Gasteiger partial charge < -0.3 is 5.32 Å². The van der Waals surface area contributed by atoms with E-state index in [0.717, 1.165) is 18.4 Å². The molecule has 0 radical (unpaired) electrons. The van der Waals surface area contributed by atoms with E-state index in [1.54, 1.807) is 13.8 Å². The number of amides is 1. The highest BCUT2D eigenvalue weighted by Gasteiger charge is 2.34. The molecule has 11 heteroatoms. The van der Waals surface area contributed by atoms with Crippen LogP contribution in [0.2, 0.25) is 0 Å². The van der Waals surface area contributed by atoms with E-state index in [9.17, 15) is 30.8 Å². The lowest BCUT2D eigenvalue weighted by Gasteiger charge is -2.26. The largest absolute Gasteiger partial charge is 0.433 e. The van der Waals surface area contributed by atoms with E-state index < -0.39 is 39.7 Å². The van der Waals surface area contributed by atoms with Crippen LogP contribution in [0, 0.1) is 18.7 Å². The molecule has 6 nitrogen and oxygen atoms in total. The third-order valence-corrected chi connectivity index (χ3v) is 5.98. The summed E-state index contributed by atoms with van der Waals surface area (Å²) >= 11 is 0. The molecule has 1 unspecified atom stereocenters. The molecule has 174 valence electrons. The number of carbonyl (C=O) groups excluding carboxylic acids is 1. The summed E-state index contributed by atoms with van der Waals surface area (Å²) in [6.45, 7) is 3.22. The Hall–Kier alpha value is -2.69. The Kier molecular flexibility index (Phi) is 6.50. The van der Waals surface area contributed by atoms with Gasteiger partial charge in [0, 0.05) is 17.2 Å². The van der Waals surface area contributed by atoms with Crippen molar-refractivity contribution in [3.63, 3.8) is 0 Å². The maximum absolute atomic E-state index is 14.6. The van der Waals surface area contributed by atoms with E-state index in [1.807, 2.05) is 0 Å². The molecule has 2 aromatic rings. The second-order valence-corrected chi connectivity index (χ2v) is 9.78. The smallest absolute Gasteiger partial charge is 0.349 e. The lowest BCUT2D eigenvalue weighted by molar-refractivity contribution is -0.141. The first-order valence-electron chi connectivity index (χ1n) is 9.89. The number of aromatic nitrogens is 1. The molecule has 1 aromatic heterocycles. The molecule has 0 saturated heterocycles. The van der Waals surface area contributed by atoms with Gasteiger partial charge in [0.05, 0.1) is 18.0 Å². The van der Waals surface area contributed by atoms with Crippen LogP contribution >= 0.6 is 0 Å². The topological polar surface area (TPSA) is 88.2 Å². The first-order chi connectivity index (χ1) is 14.7. The molecule has 2 N–H and O–H groups in total. The van der Waals surface area contributed by atoms with Crippen LogP contribution < -0.4 is 10.0 Å². The lowest BCUT2D eigenvalue weighted by Crippen LogP contribution is -2.36. The first-order valence-corrected chi connectivity index (χ1v) is 11.8. The quantitative estimate of drug-likeness (QED) is 0.645. The summed E-state index contributed by atoms with van der Waals surface area (Å²) in [6, 6.07) is 4.10. The molecule has 0 saturated carbocycles. The molecule has 0 bridgehead atoms. The number of fused-ring (bicyclic) bond motifs is 1. The number of pyridine rings is 1. The molecule has 0 fully saturated rings. The zero-order valence-corrected chi connectivity index (χ0v) is 18.5. The molecule has 2 atom stereocenters. The van der Waals surface area contributed by atoms with Crippen LogP contribution in [0.3, 0.4) is 0 Å². The van der Waals surface area contributed by atoms with Crippen LogP contribution in [-0.2, 0) is 33.8 Å². The molecule has 32 heavy (non-hydrogen) atoms. The van der Waals surface area contributed by atoms with E-state index in [2.05, 4.69) is 15.0 Å². The second kappa shape index (κ2) is 8.68. The van der Waals surface area contributed by atoms with Crippen molar-refractivity contribution in [1.29, 1.82) is 0 Å². The number of anilines is 1. The molecule has 0 spiro atoms. The molecule has 1 aromatic carbocycles. The van der Waals surface area contributed by atoms with Crippen molar-refractivity contribution < 1.29 is 30.8 Å². The number of halogens is 4. The zero-order valence-electron chi connectivity index (χ0n) is 17.7. The standard InChI is InChI=1S/C21H23F4N3O3S/c1-11-8-15(16(22)10-18(11)28-32(3,30)31)12(2)26-20(29)14-4-6-17-13(9-14)5-7-19(27-17)21(23,24)25/h5,7-8,10,12,14,28H,4,6,9H2,1-3H3,(H,26,29)/t12-,14?/m1/s1. The summed E-state index contributed by atoms with van der Waals surface area (Å²) in [5.74, 6) is -1.48. The van der Waals surface area contributed by atoms with Gasteiger partial charge in [-0.15, -0.1) is 0 Å². The van der Waals surface area contributed by atoms with E-state index in [4.69, 9.17) is 0 Å². The molecule has 1 amide bonds. The summed E-state index contributed by atoms with van der Waals surface area (Å²) < 4.78 is 78.2. The fourth-order valence-corrected chi connectivity index (χ4v) is 4.37. The van der Waals surface area contributed by atoms with Gasteiger partial charge in [-0.2, -0.15) is 13.2 Å². The number of carbonyl (C=O) groups is 1. The van der Waals surface area contributed by atoms with Crippen molar-refractivity contribution in [2.45, 2.75) is 45.3 Å². The van der Waals surface area contributed by atoms with Crippen molar-refractivity contribution in [3.05, 3.63) is 58.2 Å². The number of benzene rings is 1. The zero-order chi connectivity index (χ0) is 23.8. The highest BCUT2D eigenvalue weighted by Crippen LogP contribution is 2.32. The van der Waals surface area contributed by atoms with Crippen LogP contribution in [0.15, 0.2) is 24.3 Å². The van der Waals surface area contributed by atoms with E-state index in [0.29, 0.717) is 23.2 Å². The average Bonchev–Trinajstić information content (AvgIpc) is 2.67.